The summed E-state index contributed by atoms with van der Waals surface area (Å²) in [5, 5.41) is 15.0. The quantitative estimate of drug-likeness (QED) is 0.672. The highest BCUT2D eigenvalue weighted by Crippen LogP contribution is 2.20. The van der Waals surface area contributed by atoms with Crippen molar-refractivity contribution in [2.24, 2.45) is 7.05 Å². The van der Waals surface area contributed by atoms with Crippen LogP contribution in [0.15, 0.2) is 10.2 Å². The molecule has 0 fully saturated rings. The van der Waals surface area contributed by atoms with Gasteiger partial charge < -0.3 is 5.32 Å². The predicted molar refractivity (Wildman–Crippen MR) is 110 cm³/mol. The fraction of sp³-hybridized carbons (Fsp3) is 0.500. The highest BCUT2D eigenvalue weighted by molar-refractivity contribution is 7.09. The standard InChI is InChI=1S/C18H22ClN7O2S/c1-10-15(19)16(24(3)22-10)17(27)21-12-4-5-14-23-26(18(28)25(14)7-6-12)8-13-9-29-11(2)20-13/h9,12H,4-8H2,1-3H3,(H,21,27). The molecule has 0 saturated heterocycles. The molecule has 154 valence electrons. The van der Waals surface area contributed by atoms with Crippen molar-refractivity contribution in [3.05, 3.63) is 48.8 Å². The zero-order valence-corrected chi connectivity index (χ0v) is 18.0. The maximum atomic E-state index is 12.7. The lowest BCUT2D eigenvalue weighted by Crippen LogP contribution is -2.37. The minimum Gasteiger partial charge on any atom is -0.348 e. The molecule has 29 heavy (non-hydrogen) atoms. The molecule has 4 rings (SSSR count). The molecular weight excluding hydrogens is 414 g/mol. The summed E-state index contributed by atoms with van der Waals surface area (Å²) >= 11 is 7.77. The molecule has 0 aliphatic carbocycles. The Bertz CT molecular complexity index is 1130. The van der Waals surface area contributed by atoms with Crippen molar-refractivity contribution in [2.75, 3.05) is 0 Å². The molecule has 0 saturated carbocycles. The Hall–Kier alpha value is -2.46. The van der Waals surface area contributed by atoms with Gasteiger partial charge >= 0.3 is 5.69 Å². The summed E-state index contributed by atoms with van der Waals surface area (Å²) in [6.45, 7) is 4.59. The van der Waals surface area contributed by atoms with Crippen LogP contribution >= 0.6 is 22.9 Å². The highest BCUT2D eigenvalue weighted by Gasteiger charge is 2.25. The number of aromatic nitrogens is 6. The third kappa shape index (κ3) is 3.86. The lowest BCUT2D eigenvalue weighted by molar-refractivity contribution is 0.0923. The first-order chi connectivity index (χ1) is 13.8. The first-order valence-corrected chi connectivity index (χ1v) is 10.7. The number of carbonyl (C=O) groups is 1. The molecule has 0 bridgehead atoms. The number of halogens is 1. The maximum absolute atomic E-state index is 12.7. The van der Waals surface area contributed by atoms with Gasteiger partial charge in [-0.1, -0.05) is 11.6 Å². The van der Waals surface area contributed by atoms with Crippen LogP contribution in [0.1, 0.15) is 45.5 Å². The van der Waals surface area contributed by atoms with E-state index in [0.717, 1.165) is 16.5 Å². The van der Waals surface area contributed by atoms with Crippen LogP contribution in [0.4, 0.5) is 0 Å². The van der Waals surface area contributed by atoms with Crippen molar-refractivity contribution >= 4 is 28.8 Å². The normalized spacial score (nSPS) is 16.5. The number of rotatable bonds is 4. The maximum Gasteiger partial charge on any atom is 0.346 e. The minimum atomic E-state index is -0.251. The molecule has 4 heterocycles. The van der Waals surface area contributed by atoms with Gasteiger partial charge in [-0.15, -0.1) is 11.3 Å². The molecule has 0 radical (unpaired) electrons. The first-order valence-electron chi connectivity index (χ1n) is 9.41. The third-order valence-corrected chi connectivity index (χ3v) is 6.37. The first kappa shape index (κ1) is 19.8. The van der Waals surface area contributed by atoms with Gasteiger partial charge in [0.15, 0.2) is 0 Å². The van der Waals surface area contributed by atoms with Crippen LogP contribution in [-0.2, 0) is 26.6 Å². The van der Waals surface area contributed by atoms with E-state index in [0.29, 0.717) is 48.8 Å². The van der Waals surface area contributed by atoms with Gasteiger partial charge in [-0.2, -0.15) is 10.2 Å². The molecule has 1 aliphatic rings. The number of aryl methyl sites for hydroxylation is 4. The fourth-order valence-electron chi connectivity index (χ4n) is 3.64. The number of hydrogen-bond acceptors (Lipinski definition) is 6. The Morgan fingerprint density at radius 2 is 2.14 bits per heavy atom. The van der Waals surface area contributed by atoms with Gasteiger partial charge in [-0.25, -0.2) is 14.5 Å². The molecule has 3 aromatic heterocycles. The molecule has 11 heteroatoms. The smallest absolute Gasteiger partial charge is 0.346 e. The third-order valence-electron chi connectivity index (χ3n) is 5.09. The Labute approximate surface area is 176 Å². The summed E-state index contributed by atoms with van der Waals surface area (Å²) in [7, 11) is 1.70. The van der Waals surface area contributed by atoms with Gasteiger partial charge in [0.2, 0.25) is 0 Å². The van der Waals surface area contributed by atoms with Crippen LogP contribution in [0.2, 0.25) is 5.02 Å². The zero-order chi connectivity index (χ0) is 20.7. The van der Waals surface area contributed by atoms with Crippen LogP contribution in [0.25, 0.3) is 0 Å². The summed E-state index contributed by atoms with van der Waals surface area (Å²) in [5.74, 6) is 0.493. The van der Waals surface area contributed by atoms with Crippen molar-refractivity contribution in [3.8, 4) is 0 Å². The molecular formula is C18H22ClN7O2S. The largest absolute Gasteiger partial charge is 0.348 e. The molecule has 9 nitrogen and oxygen atoms in total. The summed E-state index contributed by atoms with van der Waals surface area (Å²) in [6, 6.07) is -0.0653. The van der Waals surface area contributed by atoms with Crippen LogP contribution in [0.3, 0.4) is 0 Å². The summed E-state index contributed by atoms with van der Waals surface area (Å²) < 4.78 is 4.67. The predicted octanol–water partition coefficient (Wildman–Crippen LogP) is 1.69. The summed E-state index contributed by atoms with van der Waals surface area (Å²) in [4.78, 5) is 29.8. The molecule has 1 N–H and O–H groups in total. The second-order valence-electron chi connectivity index (χ2n) is 7.24. The van der Waals surface area contributed by atoms with Gasteiger partial charge in [-0.05, 0) is 26.7 Å². The summed E-state index contributed by atoms with van der Waals surface area (Å²) in [5.41, 5.74) is 1.68. The van der Waals surface area contributed by atoms with Gasteiger partial charge in [0.25, 0.3) is 5.91 Å². The van der Waals surface area contributed by atoms with E-state index >= 15 is 0 Å². The molecule has 3 aromatic rings. The highest BCUT2D eigenvalue weighted by atomic mass is 35.5. The van der Waals surface area contributed by atoms with E-state index in [1.807, 2.05) is 12.3 Å². The number of thiazole rings is 1. The molecule has 1 atom stereocenters. The minimum absolute atomic E-state index is 0.0653. The van der Waals surface area contributed by atoms with Crippen LogP contribution in [0, 0.1) is 13.8 Å². The van der Waals surface area contributed by atoms with Crippen LogP contribution in [-0.4, -0.2) is 41.1 Å². The van der Waals surface area contributed by atoms with Crippen molar-refractivity contribution in [1.29, 1.82) is 0 Å². The zero-order valence-electron chi connectivity index (χ0n) is 16.5. The van der Waals surface area contributed by atoms with Gasteiger partial charge in [0.1, 0.15) is 11.5 Å². The lowest BCUT2D eigenvalue weighted by Gasteiger charge is -2.16. The van der Waals surface area contributed by atoms with Gasteiger partial charge in [-0.3, -0.25) is 14.0 Å². The number of nitrogens with zero attached hydrogens (tertiary/aromatic N) is 6. The van der Waals surface area contributed by atoms with E-state index < -0.39 is 0 Å². The Morgan fingerprint density at radius 3 is 2.79 bits per heavy atom. The average molecular weight is 436 g/mol. The molecule has 1 unspecified atom stereocenters. The fourth-order valence-corrected chi connectivity index (χ4v) is 4.49. The lowest BCUT2D eigenvalue weighted by atomic mass is 10.1. The van der Waals surface area contributed by atoms with Crippen molar-refractivity contribution in [1.82, 2.24) is 34.4 Å². The van der Waals surface area contributed by atoms with E-state index in [4.69, 9.17) is 11.6 Å². The number of amides is 1. The monoisotopic (exact) mass is 435 g/mol. The number of carbonyl (C=O) groups excluding carboxylic acids is 1. The second kappa shape index (κ2) is 7.75. The molecule has 0 aromatic carbocycles. The van der Waals surface area contributed by atoms with Crippen molar-refractivity contribution in [2.45, 2.75) is 52.2 Å². The molecule has 1 aliphatic heterocycles. The van der Waals surface area contributed by atoms with Crippen LogP contribution < -0.4 is 11.0 Å². The van der Waals surface area contributed by atoms with E-state index in [2.05, 4.69) is 20.5 Å². The topological polar surface area (TPSA) is 99.6 Å². The Kier molecular flexibility index (Phi) is 5.30. The van der Waals surface area contributed by atoms with Crippen molar-refractivity contribution in [3.63, 3.8) is 0 Å². The number of fused-ring (bicyclic) bond motifs is 1. The van der Waals surface area contributed by atoms with Crippen molar-refractivity contribution < 1.29 is 4.79 Å². The van der Waals surface area contributed by atoms with Gasteiger partial charge in [0, 0.05) is 31.4 Å². The SMILES string of the molecule is Cc1nc(Cn2nc3n(c2=O)CCC(NC(=O)c2c(Cl)c(C)nn2C)CC3)cs1. The number of nitrogens with one attached hydrogen (secondary N) is 1. The number of hydrogen-bond donors (Lipinski definition) is 1. The average Bonchev–Trinajstić information content (AvgIpc) is 3.22. The Morgan fingerprint density at radius 1 is 1.34 bits per heavy atom. The summed E-state index contributed by atoms with van der Waals surface area (Å²) in [6.07, 6.45) is 1.96. The van der Waals surface area contributed by atoms with E-state index in [9.17, 15) is 9.59 Å². The van der Waals surface area contributed by atoms with E-state index in [-0.39, 0.29) is 17.6 Å². The van der Waals surface area contributed by atoms with E-state index in [1.54, 1.807) is 29.9 Å². The Balaban J connectivity index is 1.45. The molecule has 1 amide bonds. The van der Waals surface area contributed by atoms with Gasteiger partial charge in [0.05, 0.1) is 28.0 Å². The van der Waals surface area contributed by atoms with Crippen LogP contribution in [0.5, 0.6) is 0 Å². The van der Waals surface area contributed by atoms with E-state index in [1.165, 1.54) is 9.36 Å². The second-order valence-corrected chi connectivity index (χ2v) is 8.68. The molecule has 0 spiro atoms.